The molecule has 1 amide bonds. The first-order valence-electron chi connectivity index (χ1n) is 7.28. The van der Waals surface area contributed by atoms with E-state index in [4.69, 9.17) is 0 Å². The maximum Gasteiger partial charge on any atom is 0.273 e. The molecule has 0 bridgehead atoms. The number of para-hydroxylation sites is 2. The third-order valence-corrected chi connectivity index (χ3v) is 3.75. The second kappa shape index (κ2) is 5.46. The summed E-state index contributed by atoms with van der Waals surface area (Å²) in [5, 5.41) is 6.02. The van der Waals surface area contributed by atoms with E-state index in [1.807, 2.05) is 54.6 Å². The Bertz CT molecular complexity index is 993. The molecule has 5 nitrogen and oxygen atoms in total. The summed E-state index contributed by atoms with van der Waals surface area (Å²) < 4.78 is 0. The Kier molecular flexibility index (Phi) is 3.16. The van der Waals surface area contributed by atoms with Gasteiger partial charge < -0.3 is 9.97 Å². The molecule has 0 radical (unpaired) electrons. The third-order valence-electron chi connectivity index (χ3n) is 3.75. The first kappa shape index (κ1) is 13.3. The molecule has 5 heteroatoms. The topological polar surface area (TPSA) is 73.0 Å². The summed E-state index contributed by atoms with van der Waals surface area (Å²) in [6, 6.07) is 17.6. The van der Waals surface area contributed by atoms with Gasteiger partial charge in [0.15, 0.2) is 0 Å². The van der Waals surface area contributed by atoms with Gasteiger partial charge in [-0.1, -0.05) is 36.4 Å². The van der Waals surface area contributed by atoms with Crippen molar-refractivity contribution in [3.05, 3.63) is 72.1 Å². The standard InChI is InChI=1S/C18H14N4O/c23-18(15-11-19-17-8-4-2-6-14(15)17)22-20-10-13-9-12-5-1-3-7-16(12)21-13/h1-11,19,21H,(H,22,23)/b20-10+. The Balaban J connectivity index is 1.52. The van der Waals surface area contributed by atoms with Gasteiger partial charge in [0, 0.05) is 28.0 Å². The molecule has 0 fully saturated rings. The van der Waals surface area contributed by atoms with Crippen molar-refractivity contribution in [3.63, 3.8) is 0 Å². The van der Waals surface area contributed by atoms with Crippen LogP contribution in [0.5, 0.6) is 0 Å². The van der Waals surface area contributed by atoms with Crippen LogP contribution in [0.3, 0.4) is 0 Å². The first-order valence-corrected chi connectivity index (χ1v) is 7.28. The number of aromatic nitrogens is 2. The number of hydrogen-bond donors (Lipinski definition) is 3. The van der Waals surface area contributed by atoms with Gasteiger partial charge in [-0.25, -0.2) is 5.43 Å². The van der Waals surface area contributed by atoms with Crippen molar-refractivity contribution >= 4 is 33.9 Å². The van der Waals surface area contributed by atoms with Crippen molar-refractivity contribution in [2.45, 2.75) is 0 Å². The van der Waals surface area contributed by atoms with Crippen LogP contribution in [-0.2, 0) is 0 Å². The molecular weight excluding hydrogens is 288 g/mol. The highest BCUT2D eigenvalue weighted by molar-refractivity contribution is 6.06. The summed E-state index contributed by atoms with van der Waals surface area (Å²) in [5.74, 6) is -0.241. The largest absolute Gasteiger partial charge is 0.360 e. The number of carbonyl (C=O) groups is 1. The molecule has 3 N–H and O–H groups in total. The van der Waals surface area contributed by atoms with Gasteiger partial charge in [0.2, 0.25) is 0 Å². The maximum atomic E-state index is 12.2. The van der Waals surface area contributed by atoms with Gasteiger partial charge in [-0.2, -0.15) is 5.10 Å². The molecule has 0 atom stereocenters. The van der Waals surface area contributed by atoms with Gasteiger partial charge in [-0.05, 0) is 18.2 Å². The Morgan fingerprint density at radius 1 is 1.04 bits per heavy atom. The van der Waals surface area contributed by atoms with E-state index in [2.05, 4.69) is 20.5 Å². The van der Waals surface area contributed by atoms with Crippen molar-refractivity contribution in [2.24, 2.45) is 5.10 Å². The summed E-state index contributed by atoms with van der Waals surface area (Å²) >= 11 is 0. The highest BCUT2D eigenvalue weighted by atomic mass is 16.2. The Morgan fingerprint density at radius 3 is 2.70 bits per heavy atom. The van der Waals surface area contributed by atoms with Crippen LogP contribution in [0.4, 0.5) is 0 Å². The van der Waals surface area contributed by atoms with Gasteiger partial charge in [0.05, 0.1) is 17.5 Å². The Labute approximate surface area is 132 Å². The lowest BCUT2D eigenvalue weighted by Gasteiger charge is -1.97. The van der Waals surface area contributed by atoms with Crippen molar-refractivity contribution in [3.8, 4) is 0 Å². The number of hydrazone groups is 1. The molecule has 0 aliphatic heterocycles. The third kappa shape index (κ3) is 2.48. The molecule has 2 aromatic heterocycles. The van der Waals surface area contributed by atoms with Crippen molar-refractivity contribution in [1.29, 1.82) is 0 Å². The summed E-state index contributed by atoms with van der Waals surface area (Å²) in [4.78, 5) is 18.5. The van der Waals surface area contributed by atoms with Crippen LogP contribution in [-0.4, -0.2) is 22.1 Å². The quantitative estimate of drug-likeness (QED) is 0.394. The number of carbonyl (C=O) groups excluding carboxylic acids is 1. The zero-order valence-electron chi connectivity index (χ0n) is 12.2. The summed E-state index contributed by atoms with van der Waals surface area (Å²) in [7, 11) is 0. The first-order chi connectivity index (χ1) is 11.3. The van der Waals surface area contributed by atoms with E-state index in [0.29, 0.717) is 5.56 Å². The van der Waals surface area contributed by atoms with Gasteiger partial charge in [0.1, 0.15) is 0 Å². The zero-order valence-corrected chi connectivity index (χ0v) is 12.2. The molecule has 0 aliphatic rings. The average Bonchev–Trinajstić information content (AvgIpc) is 3.18. The number of fused-ring (bicyclic) bond motifs is 2. The second-order valence-corrected chi connectivity index (χ2v) is 5.26. The molecule has 0 saturated carbocycles. The predicted octanol–water partition coefficient (Wildman–Crippen LogP) is 3.41. The average molecular weight is 302 g/mol. The maximum absolute atomic E-state index is 12.2. The second-order valence-electron chi connectivity index (χ2n) is 5.26. The minimum absolute atomic E-state index is 0.241. The molecule has 23 heavy (non-hydrogen) atoms. The van der Waals surface area contributed by atoms with Crippen molar-refractivity contribution < 1.29 is 4.79 Å². The molecular formula is C18H14N4O. The minimum Gasteiger partial charge on any atom is -0.360 e. The number of amides is 1. The lowest BCUT2D eigenvalue weighted by atomic mass is 10.2. The van der Waals surface area contributed by atoms with Crippen LogP contribution in [0.1, 0.15) is 16.1 Å². The summed E-state index contributed by atoms with van der Waals surface area (Å²) in [6.45, 7) is 0. The normalized spacial score (nSPS) is 11.5. The van der Waals surface area contributed by atoms with Crippen LogP contribution < -0.4 is 5.43 Å². The molecule has 0 saturated heterocycles. The monoisotopic (exact) mass is 302 g/mol. The summed E-state index contributed by atoms with van der Waals surface area (Å²) in [5.41, 5.74) is 5.94. The van der Waals surface area contributed by atoms with Crippen molar-refractivity contribution in [2.75, 3.05) is 0 Å². The van der Waals surface area contributed by atoms with Crippen LogP contribution in [0.25, 0.3) is 21.8 Å². The number of nitrogens with zero attached hydrogens (tertiary/aromatic N) is 1. The number of benzene rings is 2. The van der Waals surface area contributed by atoms with Crippen LogP contribution >= 0.6 is 0 Å². The summed E-state index contributed by atoms with van der Waals surface area (Å²) in [6.07, 6.45) is 3.30. The number of rotatable bonds is 3. The zero-order chi connectivity index (χ0) is 15.6. The number of aromatic amines is 2. The highest BCUT2D eigenvalue weighted by Crippen LogP contribution is 2.17. The van der Waals surface area contributed by atoms with E-state index < -0.39 is 0 Å². The minimum atomic E-state index is -0.241. The molecule has 2 aromatic carbocycles. The fourth-order valence-corrected chi connectivity index (χ4v) is 2.65. The van der Waals surface area contributed by atoms with E-state index in [0.717, 1.165) is 27.5 Å². The predicted molar refractivity (Wildman–Crippen MR) is 91.7 cm³/mol. The number of hydrogen-bond acceptors (Lipinski definition) is 2. The lowest BCUT2D eigenvalue weighted by Crippen LogP contribution is -2.17. The van der Waals surface area contributed by atoms with Crippen LogP contribution in [0.2, 0.25) is 0 Å². The van der Waals surface area contributed by atoms with E-state index in [-0.39, 0.29) is 5.91 Å². The molecule has 0 aliphatic carbocycles. The van der Waals surface area contributed by atoms with Gasteiger partial charge >= 0.3 is 0 Å². The van der Waals surface area contributed by atoms with Crippen molar-refractivity contribution in [1.82, 2.24) is 15.4 Å². The molecule has 4 aromatic rings. The van der Waals surface area contributed by atoms with E-state index in [9.17, 15) is 4.79 Å². The van der Waals surface area contributed by atoms with E-state index in [1.54, 1.807) is 12.4 Å². The van der Waals surface area contributed by atoms with E-state index in [1.165, 1.54) is 0 Å². The van der Waals surface area contributed by atoms with Crippen LogP contribution in [0.15, 0.2) is 65.9 Å². The number of H-pyrrole nitrogens is 2. The lowest BCUT2D eigenvalue weighted by molar-refractivity contribution is 0.0957. The fraction of sp³-hybridized carbons (Fsp3) is 0. The van der Waals surface area contributed by atoms with E-state index >= 15 is 0 Å². The molecule has 2 heterocycles. The number of nitrogens with one attached hydrogen (secondary N) is 3. The molecule has 4 rings (SSSR count). The SMILES string of the molecule is O=C(N/N=C/c1cc2ccccc2[nH]1)c1c[nH]c2ccccc12. The molecule has 0 spiro atoms. The highest BCUT2D eigenvalue weighted by Gasteiger charge is 2.10. The molecule has 0 unspecified atom stereocenters. The van der Waals surface area contributed by atoms with Gasteiger partial charge in [-0.3, -0.25) is 4.79 Å². The fourth-order valence-electron chi connectivity index (χ4n) is 2.65. The smallest absolute Gasteiger partial charge is 0.273 e. The van der Waals surface area contributed by atoms with Gasteiger partial charge in [-0.15, -0.1) is 0 Å². The Morgan fingerprint density at radius 2 is 1.83 bits per heavy atom. The Hall–Kier alpha value is -3.34. The van der Waals surface area contributed by atoms with Crippen LogP contribution in [0, 0.1) is 0 Å². The van der Waals surface area contributed by atoms with Gasteiger partial charge in [0.25, 0.3) is 5.91 Å². The molecule has 112 valence electrons.